The van der Waals surface area contributed by atoms with Crippen LogP contribution in [0.4, 0.5) is 0 Å². The summed E-state index contributed by atoms with van der Waals surface area (Å²) < 4.78 is 0. The first kappa shape index (κ1) is 22.7. The molecule has 0 spiro atoms. The second-order valence-corrected chi connectivity index (χ2v) is 8.89. The maximum Gasteiger partial charge on any atom is 0.223 e. The summed E-state index contributed by atoms with van der Waals surface area (Å²) in [6.07, 6.45) is 4.65. The largest absolute Gasteiger partial charge is 0.355 e. The fourth-order valence-corrected chi connectivity index (χ4v) is 4.19. The molecule has 25 heavy (non-hydrogen) atoms. The quantitative estimate of drug-likeness (QED) is 0.713. The van der Waals surface area contributed by atoms with Crippen molar-refractivity contribution in [2.24, 2.45) is 17.3 Å². The maximum atomic E-state index is 12.5. The van der Waals surface area contributed by atoms with Gasteiger partial charge in [0.25, 0.3) is 0 Å². The summed E-state index contributed by atoms with van der Waals surface area (Å²) in [5.74, 6) is 1.33. The molecule has 0 bridgehead atoms. The van der Waals surface area contributed by atoms with Crippen molar-refractivity contribution in [2.75, 3.05) is 59.9 Å². The van der Waals surface area contributed by atoms with Gasteiger partial charge in [-0.1, -0.05) is 13.8 Å². The molecule has 0 aromatic rings. The number of amides is 1. The molecular weight excluding hydrogens is 336 g/mol. The highest BCUT2D eigenvalue weighted by Gasteiger charge is 2.28. The van der Waals surface area contributed by atoms with Gasteiger partial charge in [0.1, 0.15) is 0 Å². The number of nitrogens with one attached hydrogen (secondary N) is 2. The minimum atomic E-state index is 0. The first-order valence-electron chi connectivity index (χ1n) is 9.71. The van der Waals surface area contributed by atoms with Crippen LogP contribution in [0, 0.1) is 17.3 Å². The number of rotatable bonds is 7. The van der Waals surface area contributed by atoms with E-state index in [0.717, 1.165) is 44.9 Å². The zero-order valence-corrected chi connectivity index (χ0v) is 17.5. The van der Waals surface area contributed by atoms with Gasteiger partial charge >= 0.3 is 0 Å². The summed E-state index contributed by atoms with van der Waals surface area (Å²) in [6.45, 7) is 11.9. The van der Waals surface area contributed by atoms with Crippen molar-refractivity contribution in [2.45, 2.75) is 39.5 Å². The van der Waals surface area contributed by atoms with Crippen molar-refractivity contribution < 1.29 is 4.79 Å². The number of nitrogens with zero attached hydrogens (tertiary/aromatic N) is 2. The number of halogens is 1. The Balaban J connectivity index is 0.00000312. The predicted octanol–water partition coefficient (Wildman–Crippen LogP) is 1.82. The first-order chi connectivity index (χ1) is 11.4. The molecule has 0 aromatic heterocycles. The van der Waals surface area contributed by atoms with Crippen LogP contribution in [0.1, 0.15) is 39.5 Å². The SMILES string of the molecule is CN(C)CC(C)(C)CNC(=O)C1CCN(CC2CCNCC2)CC1.Cl. The Morgan fingerprint density at radius 3 is 2.32 bits per heavy atom. The Bertz CT molecular complexity index is 389. The third-order valence-corrected chi connectivity index (χ3v) is 5.42. The summed E-state index contributed by atoms with van der Waals surface area (Å²) >= 11 is 0. The van der Waals surface area contributed by atoms with E-state index in [1.54, 1.807) is 0 Å². The molecule has 5 nitrogen and oxygen atoms in total. The molecular formula is C19H39ClN4O. The average molecular weight is 375 g/mol. The van der Waals surface area contributed by atoms with Crippen LogP contribution in [-0.4, -0.2) is 75.6 Å². The second-order valence-electron chi connectivity index (χ2n) is 8.89. The molecule has 0 radical (unpaired) electrons. The first-order valence-corrected chi connectivity index (χ1v) is 9.71. The van der Waals surface area contributed by atoms with Crippen molar-refractivity contribution in [3.8, 4) is 0 Å². The standard InChI is InChI=1S/C19H38N4O.ClH/c1-19(2,15-22(3)4)14-21-18(24)17-7-11-23(12-8-17)13-16-5-9-20-10-6-16;/h16-17,20H,5-15H2,1-4H3,(H,21,24);1H. The van der Waals surface area contributed by atoms with E-state index in [9.17, 15) is 4.79 Å². The van der Waals surface area contributed by atoms with E-state index in [2.05, 4.69) is 48.4 Å². The van der Waals surface area contributed by atoms with Gasteiger partial charge in [0.15, 0.2) is 0 Å². The molecule has 1 amide bonds. The predicted molar refractivity (Wildman–Crippen MR) is 107 cm³/mol. The summed E-state index contributed by atoms with van der Waals surface area (Å²) in [7, 11) is 4.17. The summed E-state index contributed by atoms with van der Waals surface area (Å²) in [6, 6.07) is 0. The van der Waals surface area contributed by atoms with Crippen LogP contribution in [0.2, 0.25) is 0 Å². The van der Waals surface area contributed by atoms with E-state index in [1.807, 2.05) is 0 Å². The van der Waals surface area contributed by atoms with E-state index in [1.165, 1.54) is 32.5 Å². The lowest BCUT2D eigenvalue weighted by Gasteiger charge is -2.35. The van der Waals surface area contributed by atoms with Crippen LogP contribution >= 0.6 is 12.4 Å². The molecule has 2 fully saturated rings. The zero-order chi connectivity index (χ0) is 17.6. The van der Waals surface area contributed by atoms with Crippen molar-refractivity contribution in [1.82, 2.24) is 20.4 Å². The van der Waals surface area contributed by atoms with Gasteiger partial charge in [0, 0.05) is 25.6 Å². The second kappa shape index (κ2) is 10.7. The number of piperidine rings is 2. The van der Waals surface area contributed by atoms with Crippen LogP contribution in [-0.2, 0) is 4.79 Å². The molecule has 2 rings (SSSR count). The van der Waals surface area contributed by atoms with Crippen molar-refractivity contribution >= 4 is 18.3 Å². The van der Waals surface area contributed by atoms with E-state index < -0.39 is 0 Å². The Morgan fingerprint density at radius 2 is 1.76 bits per heavy atom. The van der Waals surface area contributed by atoms with Gasteiger partial charge in [-0.2, -0.15) is 0 Å². The fraction of sp³-hybridized carbons (Fsp3) is 0.947. The zero-order valence-electron chi connectivity index (χ0n) is 16.6. The minimum Gasteiger partial charge on any atom is -0.355 e. The smallest absolute Gasteiger partial charge is 0.223 e. The monoisotopic (exact) mass is 374 g/mol. The molecule has 148 valence electrons. The maximum absolute atomic E-state index is 12.5. The third-order valence-electron chi connectivity index (χ3n) is 5.42. The van der Waals surface area contributed by atoms with E-state index in [0.29, 0.717) is 0 Å². The highest BCUT2D eigenvalue weighted by atomic mass is 35.5. The van der Waals surface area contributed by atoms with Gasteiger partial charge in [0.2, 0.25) is 5.91 Å². The molecule has 0 aromatic carbocycles. The van der Waals surface area contributed by atoms with E-state index in [4.69, 9.17) is 0 Å². The summed E-state index contributed by atoms with van der Waals surface area (Å²) in [5.41, 5.74) is 0.120. The minimum absolute atomic E-state index is 0. The van der Waals surface area contributed by atoms with Crippen LogP contribution in [0.15, 0.2) is 0 Å². The van der Waals surface area contributed by atoms with E-state index >= 15 is 0 Å². The lowest BCUT2D eigenvalue weighted by molar-refractivity contribution is -0.127. The van der Waals surface area contributed by atoms with E-state index in [-0.39, 0.29) is 29.6 Å². The van der Waals surface area contributed by atoms with Gasteiger partial charge in [0.05, 0.1) is 0 Å². The number of carbonyl (C=O) groups excluding carboxylic acids is 1. The number of likely N-dealkylation sites (tertiary alicyclic amines) is 1. The Hall–Kier alpha value is -0.360. The highest BCUT2D eigenvalue weighted by Crippen LogP contribution is 2.21. The number of hydrogen-bond donors (Lipinski definition) is 2. The lowest BCUT2D eigenvalue weighted by atomic mass is 9.90. The molecule has 0 unspecified atom stereocenters. The molecule has 2 saturated heterocycles. The summed E-state index contributed by atoms with van der Waals surface area (Å²) in [5, 5.41) is 6.64. The molecule has 2 heterocycles. The molecule has 0 aliphatic carbocycles. The Kier molecular flexibility index (Phi) is 9.71. The van der Waals surface area contributed by atoms with Gasteiger partial charge in [-0.05, 0) is 77.3 Å². The molecule has 0 atom stereocenters. The van der Waals surface area contributed by atoms with Crippen molar-refractivity contribution in [1.29, 1.82) is 0 Å². The van der Waals surface area contributed by atoms with Crippen LogP contribution < -0.4 is 10.6 Å². The summed E-state index contributed by atoms with van der Waals surface area (Å²) in [4.78, 5) is 17.2. The van der Waals surface area contributed by atoms with Gasteiger partial charge in [-0.3, -0.25) is 4.79 Å². The van der Waals surface area contributed by atoms with Crippen LogP contribution in [0.3, 0.4) is 0 Å². The van der Waals surface area contributed by atoms with Gasteiger partial charge in [-0.15, -0.1) is 12.4 Å². The molecule has 2 N–H and O–H groups in total. The van der Waals surface area contributed by atoms with Gasteiger partial charge < -0.3 is 20.4 Å². The fourth-order valence-electron chi connectivity index (χ4n) is 4.19. The molecule has 2 aliphatic heterocycles. The average Bonchev–Trinajstić information content (AvgIpc) is 2.53. The molecule has 6 heteroatoms. The van der Waals surface area contributed by atoms with Crippen molar-refractivity contribution in [3.63, 3.8) is 0 Å². The Labute approximate surface area is 160 Å². The Morgan fingerprint density at radius 1 is 1.16 bits per heavy atom. The highest BCUT2D eigenvalue weighted by molar-refractivity contribution is 5.85. The topological polar surface area (TPSA) is 47.6 Å². The third kappa shape index (κ3) is 8.25. The van der Waals surface area contributed by atoms with Gasteiger partial charge in [-0.25, -0.2) is 0 Å². The van der Waals surface area contributed by atoms with Crippen molar-refractivity contribution in [3.05, 3.63) is 0 Å². The molecule has 2 aliphatic rings. The number of hydrogen-bond acceptors (Lipinski definition) is 4. The van der Waals surface area contributed by atoms with Crippen LogP contribution in [0.25, 0.3) is 0 Å². The normalized spacial score (nSPS) is 21.2. The lowest BCUT2D eigenvalue weighted by Crippen LogP contribution is -2.46. The van der Waals surface area contributed by atoms with Crippen LogP contribution in [0.5, 0.6) is 0 Å². The molecule has 0 saturated carbocycles. The number of carbonyl (C=O) groups is 1.